The summed E-state index contributed by atoms with van der Waals surface area (Å²) in [4.78, 5) is 2.36. The molecule has 0 spiro atoms. The molecule has 2 aliphatic heterocycles. The molecular formula is C9H13NO. The second-order valence-electron chi connectivity index (χ2n) is 2.98. The van der Waals surface area contributed by atoms with Crippen LogP contribution in [0.15, 0.2) is 24.5 Å². The van der Waals surface area contributed by atoms with Gasteiger partial charge in [0.25, 0.3) is 0 Å². The van der Waals surface area contributed by atoms with E-state index in [4.69, 9.17) is 4.74 Å². The van der Waals surface area contributed by atoms with Gasteiger partial charge in [-0.05, 0) is 25.0 Å². The van der Waals surface area contributed by atoms with Crippen LogP contribution in [-0.2, 0) is 4.74 Å². The summed E-state index contributed by atoms with van der Waals surface area (Å²) in [6, 6.07) is 0. The number of likely N-dealkylation sites (tertiary alicyclic amines) is 1. The van der Waals surface area contributed by atoms with Gasteiger partial charge in [-0.2, -0.15) is 0 Å². The van der Waals surface area contributed by atoms with Gasteiger partial charge in [-0.15, -0.1) is 0 Å². The molecule has 2 rings (SSSR count). The summed E-state index contributed by atoms with van der Waals surface area (Å²) in [5.74, 6) is 0. The van der Waals surface area contributed by atoms with E-state index < -0.39 is 0 Å². The quantitative estimate of drug-likeness (QED) is 0.563. The first kappa shape index (κ1) is 6.92. The topological polar surface area (TPSA) is 12.5 Å². The van der Waals surface area contributed by atoms with Crippen LogP contribution in [0.2, 0.25) is 0 Å². The Bertz CT molecular complexity index is 180. The molecule has 1 saturated heterocycles. The summed E-state index contributed by atoms with van der Waals surface area (Å²) >= 11 is 0. The van der Waals surface area contributed by atoms with E-state index in [-0.39, 0.29) is 6.23 Å². The Labute approximate surface area is 67.1 Å². The van der Waals surface area contributed by atoms with Crippen LogP contribution in [0.25, 0.3) is 0 Å². The average molecular weight is 151 g/mol. The standard InChI is InChI=1S/C9H13NO/c1-4-8-11-9(5-1)10-6-2-3-7-10/h1,4-5,8-9H,2-3,6-7H2. The summed E-state index contributed by atoms with van der Waals surface area (Å²) in [6.07, 6.45) is 10.7. The molecule has 1 fully saturated rings. The van der Waals surface area contributed by atoms with Crippen LogP contribution in [-0.4, -0.2) is 24.2 Å². The molecule has 1 unspecified atom stereocenters. The van der Waals surface area contributed by atoms with Gasteiger partial charge in [0.1, 0.15) is 0 Å². The van der Waals surface area contributed by atoms with E-state index in [1.54, 1.807) is 6.26 Å². The van der Waals surface area contributed by atoms with Gasteiger partial charge in [-0.25, -0.2) is 0 Å². The van der Waals surface area contributed by atoms with E-state index in [1.165, 1.54) is 25.9 Å². The zero-order chi connectivity index (χ0) is 7.52. The third-order valence-corrected chi connectivity index (χ3v) is 2.18. The predicted octanol–water partition coefficient (Wildman–Crippen LogP) is 1.51. The van der Waals surface area contributed by atoms with Crippen molar-refractivity contribution in [1.29, 1.82) is 0 Å². The lowest BCUT2D eigenvalue weighted by molar-refractivity contribution is 0.0424. The van der Waals surface area contributed by atoms with Crippen LogP contribution in [0.5, 0.6) is 0 Å². The van der Waals surface area contributed by atoms with Gasteiger partial charge < -0.3 is 4.74 Å². The Balaban J connectivity index is 1.94. The van der Waals surface area contributed by atoms with Crippen molar-refractivity contribution in [2.75, 3.05) is 13.1 Å². The molecule has 2 nitrogen and oxygen atoms in total. The molecule has 0 bridgehead atoms. The smallest absolute Gasteiger partial charge is 0.171 e. The highest BCUT2D eigenvalue weighted by molar-refractivity contribution is 5.07. The molecule has 60 valence electrons. The molecule has 0 radical (unpaired) electrons. The Hall–Kier alpha value is -0.760. The SMILES string of the molecule is C1=COC(N2CCCC2)C=C1. The van der Waals surface area contributed by atoms with Crippen molar-refractivity contribution in [2.24, 2.45) is 0 Å². The fourth-order valence-corrected chi connectivity index (χ4v) is 1.58. The maximum atomic E-state index is 5.42. The molecule has 0 N–H and O–H groups in total. The lowest BCUT2D eigenvalue weighted by atomic mass is 10.3. The molecule has 0 amide bonds. The Morgan fingerprint density at radius 3 is 2.64 bits per heavy atom. The molecule has 0 aromatic heterocycles. The molecule has 1 atom stereocenters. The number of hydrogen-bond acceptors (Lipinski definition) is 2. The molecule has 2 heterocycles. The van der Waals surface area contributed by atoms with Crippen molar-refractivity contribution >= 4 is 0 Å². The highest BCUT2D eigenvalue weighted by Crippen LogP contribution is 2.15. The highest BCUT2D eigenvalue weighted by atomic mass is 16.5. The van der Waals surface area contributed by atoms with Crippen molar-refractivity contribution in [3.05, 3.63) is 24.5 Å². The lowest BCUT2D eigenvalue weighted by Crippen LogP contribution is -2.32. The number of hydrogen-bond donors (Lipinski definition) is 0. The summed E-state index contributed by atoms with van der Waals surface area (Å²) in [5, 5.41) is 0. The predicted molar refractivity (Wildman–Crippen MR) is 44.0 cm³/mol. The first-order chi connectivity index (χ1) is 5.47. The van der Waals surface area contributed by atoms with E-state index in [2.05, 4.69) is 11.0 Å². The van der Waals surface area contributed by atoms with Crippen molar-refractivity contribution in [1.82, 2.24) is 4.90 Å². The van der Waals surface area contributed by atoms with Crippen LogP contribution in [0.3, 0.4) is 0 Å². The van der Waals surface area contributed by atoms with Gasteiger partial charge >= 0.3 is 0 Å². The first-order valence-electron chi connectivity index (χ1n) is 4.20. The number of nitrogens with zero attached hydrogens (tertiary/aromatic N) is 1. The van der Waals surface area contributed by atoms with E-state index >= 15 is 0 Å². The molecule has 11 heavy (non-hydrogen) atoms. The van der Waals surface area contributed by atoms with Gasteiger partial charge in [0, 0.05) is 13.1 Å². The van der Waals surface area contributed by atoms with Crippen LogP contribution in [0.1, 0.15) is 12.8 Å². The zero-order valence-electron chi connectivity index (χ0n) is 6.57. The minimum Gasteiger partial charge on any atom is -0.479 e. The highest BCUT2D eigenvalue weighted by Gasteiger charge is 2.20. The fraction of sp³-hybridized carbons (Fsp3) is 0.556. The largest absolute Gasteiger partial charge is 0.479 e. The van der Waals surface area contributed by atoms with Crippen LogP contribution in [0, 0.1) is 0 Å². The molecule has 0 aromatic rings. The molecule has 2 aliphatic rings. The summed E-state index contributed by atoms with van der Waals surface area (Å²) in [6.45, 7) is 2.37. The van der Waals surface area contributed by atoms with Gasteiger partial charge in [0.15, 0.2) is 6.23 Å². The van der Waals surface area contributed by atoms with Crippen molar-refractivity contribution in [3.8, 4) is 0 Å². The van der Waals surface area contributed by atoms with Crippen molar-refractivity contribution in [2.45, 2.75) is 19.1 Å². The normalized spacial score (nSPS) is 30.7. The average Bonchev–Trinajstić information content (AvgIpc) is 2.58. The Kier molecular flexibility index (Phi) is 1.95. The zero-order valence-corrected chi connectivity index (χ0v) is 6.57. The fourth-order valence-electron chi connectivity index (χ4n) is 1.58. The van der Waals surface area contributed by atoms with E-state index in [0.29, 0.717) is 0 Å². The summed E-state index contributed by atoms with van der Waals surface area (Å²) in [5.41, 5.74) is 0. The first-order valence-corrected chi connectivity index (χ1v) is 4.20. The van der Waals surface area contributed by atoms with Crippen molar-refractivity contribution in [3.63, 3.8) is 0 Å². The van der Waals surface area contributed by atoms with Gasteiger partial charge in [-0.1, -0.05) is 6.08 Å². The van der Waals surface area contributed by atoms with Crippen LogP contribution in [0.4, 0.5) is 0 Å². The Morgan fingerprint density at radius 1 is 1.18 bits per heavy atom. The number of ether oxygens (including phenoxy) is 1. The lowest BCUT2D eigenvalue weighted by Gasteiger charge is -2.24. The van der Waals surface area contributed by atoms with Gasteiger partial charge in [0.05, 0.1) is 6.26 Å². The number of allylic oxidation sites excluding steroid dienone is 2. The second kappa shape index (κ2) is 3.09. The third kappa shape index (κ3) is 1.46. The third-order valence-electron chi connectivity index (χ3n) is 2.18. The molecule has 0 aromatic carbocycles. The maximum absolute atomic E-state index is 5.42. The Morgan fingerprint density at radius 2 is 2.00 bits per heavy atom. The minimum atomic E-state index is 0.211. The van der Waals surface area contributed by atoms with Crippen LogP contribution < -0.4 is 0 Å². The number of rotatable bonds is 1. The maximum Gasteiger partial charge on any atom is 0.171 e. The second-order valence-corrected chi connectivity index (χ2v) is 2.98. The van der Waals surface area contributed by atoms with E-state index in [9.17, 15) is 0 Å². The summed E-state index contributed by atoms with van der Waals surface area (Å²) in [7, 11) is 0. The van der Waals surface area contributed by atoms with Crippen LogP contribution >= 0.6 is 0 Å². The molecule has 0 aliphatic carbocycles. The summed E-state index contributed by atoms with van der Waals surface area (Å²) < 4.78 is 5.42. The minimum absolute atomic E-state index is 0.211. The molecular weight excluding hydrogens is 138 g/mol. The van der Waals surface area contributed by atoms with Gasteiger partial charge in [-0.3, -0.25) is 4.90 Å². The van der Waals surface area contributed by atoms with Gasteiger partial charge in [0.2, 0.25) is 0 Å². The van der Waals surface area contributed by atoms with Crippen molar-refractivity contribution < 1.29 is 4.74 Å². The molecule has 2 heteroatoms. The van der Waals surface area contributed by atoms with E-state index in [0.717, 1.165) is 0 Å². The monoisotopic (exact) mass is 151 g/mol. The van der Waals surface area contributed by atoms with E-state index in [1.807, 2.05) is 12.2 Å². The molecule has 0 saturated carbocycles.